The van der Waals surface area contributed by atoms with Crippen LogP contribution in [-0.2, 0) is 4.79 Å². The van der Waals surface area contributed by atoms with Crippen LogP contribution >= 0.6 is 0 Å². The summed E-state index contributed by atoms with van der Waals surface area (Å²) in [5.74, 6) is -1.81. The molecule has 150 valence electrons. The van der Waals surface area contributed by atoms with Crippen LogP contribution < -0.4 is 5.32 Å². The summed E-state index contributed by atoms with van der Waals surface area (Å²) in [6.07, 6.45) is 0.678. The first-order valence-corrected chi connectivity index (χ1v) is 9.27. The molecule has 0 aliphatic heterocycles. The minimum absolute atomic E-state index is 0.101. The van der Waals surface area contributed by atoms with Crippen molar-refractivity contribution >= 4 is 34.4 Å². The maximum Gasteiger partial charge on any atom is 0.357 e. The zero-order chi connectivity index (χ0) is 21.0. The van der Waals surface area contributed by atoms with Crippen LogP contribution in [0.25, 0.3) is 10.9 Å². The van der Waals surface area contributed by atoms with Crippen molar-refractivity contribution < 1.29 is 19.5 Å². The molecule has 1 heterocycles. The van der Waals surface area contributed by atoms with Gasteiger partial charge in [-0.2, -0.15) is 5.10 Å². The topological polar surface area (TPSA) is 115 Å². The fourth-order valence-corrected chi connectivity index (χ4v) is 3.09. The number of carboxylic acids is 1. The summed E-state index contributed by atoms with van der Waals surface area (Å²) >= 11 is 0. The molecule has 3 aromatic rings. The van der Waals surface area contributed by atoms with E-state index in [1.165, 1.54) is 11.0 Å². The zero-order valence-electron chi connectivity index (χ0n) is 16.2. The fourth-order valence-electron chi connectivity index (χ4n) is 3.09. The molecule has 0 fully saturated rings. The largest absolute Gasteiger partial charge is 0.476 e. The highest BCUT2D eigenvalue weighted by Gasteiger charge is 2.21. The number of carbonyl (C=O) groups is 3. The lowest BCUT2D eigenvalue weighted by Crippen LogP contribution is -2.38. The Bertz CT molecular complexity index is 1070. The van der Waals surface area contributed by atoms with Gasteiger partial charge in [-0.25, -0.2) is 4.79 Å². The van der Waals surface area contributed by atoms with E-state index in [1.54, 1.807) is 18.2 Å². The Kier molecular flexibility index (Phi) is 5.92. The van der Waals surface area contributed by atoms with E-state index in [0.29, 0.717) is 35.1 Å². The predicted octanol–water partition coefficient (Wildman–Crippen LogP) is 3.06. The first-order chi connectivity index (χ1) is 13.9. The van der Waals surface area contributed by atoms with Gasteiger partial charge in [0.1, 0.15) is 6.54 Å². The highest BCUT2D eigenvalue weighted by molar-refractivity contribution is 6.05. The number of aromatic amines is 1. The summed E-state index contributed by atoms with van der Waals surface area (Å²) in [6, 6.07) is 12.1. The number of hydrogen-bond acceptors (Lipinski definition) is 4. The number of hydrogen-bond donors (Lipinski definition) is 3. The Morgan fingerprint density at radius 3 is 2.62 bits per heavy atom. The molecule has 1 aromatic heterocycles. The molecule has 0 saturated carbocycles. The number of aromatic carboxylic acids is 1. The van der Waals surface area contributed by atoms with Crippen molar-refractivity contribution in [2.45, 2.75) is 20.3 Å². The van der Waals surface area contributed by atoms with Crippen LogP contribution in [0, 0.1) is 6.92 Å². The van der Waals surface area contributed by atoms with Gasteiger partial charge in [0.2, 0.25) is 5.91 Å². The molecule has 0 unspecified atom stereocenters. The van der Waals surface area contributed by atoms with Gasteiger partial charge >= 0.3 is 5.97 Å². The number of carboxylic acid groups (broad SMARTS) is 1. The van der Waals surface area contributed by atoms with E-state index in [1.807, 2.05) is 32.0 Å². The second-order valence-corrected chi connectivity index (χ2v) is 6.73. The van der Waals surface area contributed by atoms with E-state index < -0.39 is 5.97 Å². The number of aromatic nitrogens is 2. The maximum atomic E-state index is 13.0. The average Bonchev–Trinajstić information content (AvgIpc) is 3.12. The Balaban J connectivity index is 1.81. The third-order valence-electron chi connectivity index (χ3n) is 4.55. The van der Waals surface area contributed by atoms with Crippen molar-refractivity contribution in [3.05, 3.63) is 59.3 Å². The Morgan fingerprint density at radius 2 is 1.93 bits per heavy atom. The third-order valence-corrected chi connectivity index (χ3v) is 4.55. The fraction of sp³-hybridized carbons (Fsp3) is 0.238. The van der Waals surface area contributed by atoms with Gasteiger partial charge < -0.3 is 15.3 Å². The molecule has 0 radical (unpaired) electrons. The molecule has 8 heteroatoms. The Morgan fingerprint density at radius 1 is 1.17 bits per heavy atom. The van der Waals surface area contributed by atoms with E-state index >= 15 is 0 Å². The van der Waals surface area contributed by atoms with Gasteiger partial charge in [-0.05, 0) is 43.2 Å². The monoisotopic (exact) mass is 394 g/mol. The molecule has 0 saturated heterocycles. The molecule has 2 aromatic carbocycles. The van der Waals surface area contributed by atoms with E-state index in [4.69, 9.17) is 0 Å². The molecule has 3 rings (SSSR count). The maximum absolute atomic E-state index is 13.0. The number of carbonyl (C=O) groups excluding carboxylic acids is 2. The third kappa shape index (κ3) is 4.43. The minimum atomic E-state index is -1.18. The molecule has 0 aliphatic carbocycles. The first-order valence-electron chi connectivity index (χ1n) is 9.27. The van der Waals surface area contributed by atoms with Gasteiger partial charge in [0, 0.05) is 23.2 Å². The molecule has 0 aliphatic rings. The van der Waals surface area contributed by atoms with Gasteiger partial charge in [-0.1, -0.05) is 25.1 Å². The van der Waals surface area contributed by atoms with Crippen LogP contribution in [0.5, 0.6) is 0 Å². The van der Waals surface area contributed by atoms with E-state index in [-0.39, 0.29) is 24.1 Å². The van der Waals surface area contributed by atoms with Gasteiger partial charge in [-0.3, -0.25) is 14.7 Å². The van der Waals surface area contributed by atoms with Crippen molar-refractivity contribution in [3.63, 3.8) is 0 Å². The molecule has 29 heavy (non-hydrogen) atoms. The number of rotatable bonds is 7. The lowest BCUT2D eigenvalue weighted by molar-refractivity contribution is -0.116. The molecule has 0 bridgehead atoms. The van der Waals surface area contributed by atoms with E-state index in [2.05, 4.69) is 15.5 Å². The van der Waals surface area contributed by atoms with Crippen molar-refractivity contribution in [1.82, 2.24) is 15.1 Å². The number of anilines is 1. The molecular formula is C21H22N4O4. The van der Waals surface area contributed by atoms with E-state index in [0.717, 1.165) is 5.56 Å². The number of H-pyrrole nitrogens is 1. The molecular weight excluding hydrogens is 372 g/mol. The van der Waals surface area contributed by atoms with Crippen molar-refractivity contribution in [3.8, 4) is 0 Å². The van der Waals surface area contributed by atoms with E-state index in [9.17, 15) is 19.5 Å². The average molecular weight is 394 g/mol. The highest BCUT2D eigenvalue weighted by Crippen LogP contribution is 2.19. The van der Waals surface area contributed by atoms with Crippen LogP contribution in [0.15, 0.2) is 42.5 Å². The lowest BCUT2D eigenvalue weighted by atomic mass is 10.1. The number of fused-ring (bicyclic) bond motifs is 1. The smallest absolute Gasteiger partial charge is 0.357 e. The van der Waals surface area contributed by atoms with Gasteiger partial charge in [0.25, 0.3) is 5.91 Å². The SMILES string of the molecule is CCCN(CC(=O)Nc1ccccc1C)C(=O)c1ccc2[nH]nc(C(=O)O)c2c1. The van der Waals surface area contributed by atoms with Crippen LogP contribution in [0.1, 0.15) is 39.8 Å². The van der Waals surface area contributed by atoms with Crippen LogP contribution in [0.3, 0.4) is 0 Å². The zero-order valence-corrected chi connectivity index (χ0v) is 16.2. The molecule has 3 N–H and O–H groups in total. The standard InChI is InChI=1S/C21H22N4O4/c1-3-10-25(12-18(26)22-16-7-5-4-6-13(16)2)20(27)14-8-9-17-15(11-14)19(21(28)29)24-23-17/h4-9,11H,3,10,12H2,1-2H3,(H,22,26)(H,23,24)(H,28,29). The van der Waals surface area contributed by atoms with Gasteiger partial charge in [0.15, 0.2) is 5.69 Å². The molecule has 0 atom stereocenters. The quantitative estimate of drug-likeness (QED) is 0.570. The number of benzene rings is 2. The van der Waals surface area contributed by atoms with Gasteiger partial charge in [-0.15, -0.1) is 0 Å². The molecule has 8 nitrogen and oxygen atoms in total. The van der Waals surface area contributed by atoms with Crippen LogP contribution in [0.4, 0.5) is 5.69 Å². The normalized spacial score (nSPS) is 10.7. The second-order valence-electron chi connectivity index (χ2n) is 6.73. The highest BCUT2D eigenvalue weighted by atomic mass is 16.4. The Hall–Kier alpha value is -3.68. The summed E-state index contributed by atoms with van der Waals surface area (Å²) in [7, 11) is 0. The number of nitrogens with zero attached hydrogens (tertiary/aromatic N) is 2. The first kappa shape index (κ1) is 20.1. The summed E-state index contributed by atoms with van der Waals surface area (Å²) in [5, 5.41) is 18.8. The minimum Gasteiger partial charge on any atom is -0.476 e. The summed E-state index contributed by atoms with van der Waals surface area (Å²) in [4.78, 5) is 38.3. The second kappa shape index (κ2) is 8.55. The summed E-state index contributed by atoms with van der Waals surface area (Å²) in [6.45, 7) is 4.11. The number of amides is 2. The predicted molar refractivity (Wildman–Crippen MR) is 109 cm³/mol. The number of nitrogens with one attached hydrogen (secondary N) is 2. The van der Waals surface area contributed by atoms with Gasteiger partial charge in [0.05, 0.1) is 5.52 Å². The lowest BCUT2D eigenvalue weighted by Gasteiger charge is -2.22. The van der Waals surface area contributed by atoms with Crippen LogP contribution in [0.2, 0.25) is 0 Å². The molecule has 2 amide bonds. The van der Waals surface area contributed by atoms with Crippen LogP contribution in [-0.4, -0.2) is 51.1 Å². The summed E-state index contributed by atoms with van der Waals surface area (Å²) in [5.41, 5.74) is 2.32. The summed E-state index contributed by atoms with van der Waals surface area (Å²) < 4.78 is 0. The Labute approximate surface area is 167 Å². The molecule has 0 spiro atoms. The number of para-hydroxylation sites is 1. The number of aryl methyl sites for hydroxylation is 1. The van der Waals surface area contributed by atoms with Crippen molar-refractivity contribution in [2.75, 3.05) is 18.4 Å². The van der Waals surface area contributed by atoms with Crippen molar-refractivity contribution in [2.24, 2.45) is 0 Å². The van der Waals surface area contributed by atoms with Crippen molar-refractivity contribution in [1.29, 1.82) is 0 Å².